The topological polar surface area (TPSA) is 92.2 Å². The van der Waals surface area contributed by atoms with Gasteiger partial charge in [-0.25, -0.2) is 0 Å². The zero-order valence-corrected chi connectivity index (χ0v) is 17.6. The van der Waals surface area contributed by atoms with Crippen molar-refractivity contribution in [2.75, 3.05) is 5.32 Å². The number of rotatable bonds is 6. The maximum absolute atomic E-state index is 11.8. The fourth-order valence-electron chi connectivity index (χ4n) is 2.94. The molecule has 2 heterocycles. The molecule has 0 aliphatic rings. The van der Waals surface area contributed by atoms with E-state index in [0.717, 1.165) is 16.7 Å². The van der Waals surface area contributed by atoms with E-state index in [2.05, 4.69) is 21.9 Å². The summed E-state index contributed by atoms with van der Waals surface area (Å²) in [6.45, 7) is 5.10. The number of pyridine rings is 2. The highest BCUT2D eigenvalue weighted by Gasteiger charge is 2.22. The summed E-state index contributed by atoms with van der Waals surface area (Å²) in [5, 5.41) is 12.0. The SMILES string of the molecule is C=Cc1ccncc1.CC(O)Nc1c(-c2ccc(/C=C/c3ccncc3)cc2)c(=O)c1=O. The summed E-state index contributed by atoms with van der Waals surface area (Å²) in [6.07, 6.45) is 11.8. The van der Waals surface area contributed by atoms with Gasteiger partial charge in [-0.15, -0.1) is 0 Å². The Morgan fingerprint density at radius 3 is 1.78 bits per heavy atom. The molecular formula is C26H23N3O3. The summed E-state index contributed by atoms with van der Waals surface area (Å²) in [5.41, 5.74) is 3.16. The number of nitrogens with zero attached hydrogens (tertiary/aromatic N) is 2. The second-order valence-corrected chi connectivity index (χ2v) is 6.95. The van der Waals surface area contributed by atoms with Gasteiger partial charge in [-0.1, -0.05) is 49.1 Å². The predicted octanol–water partition coefficient (Wildman–Crippen LogP) is 3.99. The molecule has 6 heteroatoms. The summed E-state index contributed by atoms with van der Waals surface area (Å²) in [7, 11) is 0. The molecule has 0 radical (unpaired) electrons. The minimum absolute atomic E-state index is 0.176. The van der Waals surface area contributed by atoms with E-state index >= 15 is 0 Å². The Balaban J connectivity index is 0.000000305. The Labute approximate surface area is 186 Å². The number of hydrogen-bond acceptors (Lipinski definition) is 6. The number of benzene rings is 1. The van der Waals surface area contributed by atoms with Crippen LogP contribution in [0.5, 0.6) is 0 Å². The summed E-state index contributed by atoms with van der Waals surface area (Å²) in [6, 6.07) is 14.9. The van der Waals surface area contributed by atoms with Gasteiger partial charge in [0.25, 0.3) is 0 Å². The summed E-state index contributed by atoms with van der Waals surface area (Å²) < 4.78 is 0. The van der Waals surface area contributed by atoms with Crippen molar-refractivity contribution in [1.82, 2.24) is 9.97 Å². The average Bonchev–Trinajstić information content (AvgIpc) is 2.84. The largest absolute Gasteiger partial charge is 0.374 e. The fourth-order valence-corrected chi connectivity index (χ4v) is 2.94. The zero-order chi connectivity index (χ0) is 22.9. The van der Waals surface area contributed by atoms with Crippen LogP contribution in [0.15, 0.2) is 89.5 Å². The highest BCUT2D eigenvalue weighted by atomic mass is 16.3. The molecule has 0 aliphatic carbocycles. The van der Waals surface area contributed by atoms with Crippen LogP contribution in [0.2, 0.25) is 0 Å². The molecule has 1 atom stereocenters. The van der Waals surface area contributed by atoms with Gasteiger partial charge in [0.05, 0.1) is 5.56 Å². The first kappa shape index (κ1) is 22.5. The molecule has 0 aliphatic heterocycles. The zero-order valence-electron chi connectivity index (χ0n) is 17.6. The van der Waals surface area contributed by atoms with Crippen molar-refractivity contribution in [2.24, 2.45) is 0 Å². The van der Waals surface area contributed by atoms with Crippen LogP contribution >= 0.6 is 0 Å². The molecule has 4 aromatic rings. The maximum Gasteiger partial charge on any atom is 0.250 e. The van der Waals surface area contributed by atoms with E-state index in [1.165, 1.54) is 6.92 Å². The second-order valence-electron chi connectivity index (χ2n) is 6.95. The Hall–Kier alpha value is -4.16. The van der Waals surface area contributed by atoms with E-state index < -0.39 is 17.1 Å². The van der Waals surface area contributed by atoms with Crippen molar-refractivity contribution in [1.29, 1.82) is 0 Å². The van der Waals surface area contributed by atoms with E-state index in [-0.39, 0.29) is 5.69 Å². The van der Waals surface area contributed by atoms with E-state index in [1.54, 1.807) is 43.0 Å². The molecule has 0 saturated carbocycles. The Morgan fingerprint density at radius 1 is 0.812 bits per heavy atom. The van der Waals surface area contributed by atoms with Crippen molar-refractivity contribution in [3.8, 4) is 11.1 Å². The van der Waals surface area contributed by atoms with Gasteiger partial charge in [0, 0.05) is 24.8 Å². The fraction of sp³-hybridized carbons (Fsp3) is 0.0769. The van der Waals surface area contributed by atoms with Crippen molar-refractivity contribution < 1.29 is 5.11 Å². The number of anilines is 1. The number of nitrogens with one attached hydrogen (secondary N) is 1. The minimum Gasteiger partial charge on any atom is -0.374 e. The van der Waals surface area contributed by atoms with Crippen LogP contribution in [-0.2, 0) is 0 Å². The van der Waals surface area contributed by atoms with Crippen LogP contribution in [0.4, 0.5) is 5.69 Å². The molecule has 2 aromatic heterocycles. The molecule has 2 aromatic carbocycles. The minimum atomic E-state index is -0.894. The molecule has 0 saturated heterocycles. The summed E-state index contributed by atoms with van der Waals surface area (Å²) >= 11 is 0. The monoisotopic (exact) mass is 425 g/mol. The first-order valence-corrected chi connectivity index (χ1v) is 9.98. The Morgan fingerprint density at radius 2 is 1.31 bits per heavy atom. The molecule has 160 valence electrons. The molecule has 4 rings (SSSR count). The molecular weight excluding hydrogens is 402 g/mol. The average molecular weight is 425 g/mol. The van der Waals surface area contributed by atoms with Crippen molar-refractivity contribution in [2.45, 2.75) is 13.2 Å². The van der Waals surface area contributed by atoms with Crippen LogP contribution in [0.3, 0.4) is 0 Å². The lowest BCUT2D eigenvalue weighted by molar-refractivity contribution is 0.224. The maximum atomic E-state index is 11.8. The Kier molecular flexibility index (Phi) is 7.56. The van der Waals surface area contributed by atoms with Crippen molar-refractivity contribution >= 4 is 23.9 Å². The molecule has 0 amide bonds. The van der Waals surface area contributed by atoms with Gasteiger partial charge >= 0.3 is 0 Å². The molecule has 0 bridgehead atoms. The number of aromatic nitrogens is 2. The van der Waals surface area contributed by atoms with Crippen molar-refractivity contribution in [3.63, 3.8) is 0 Å². The van der Waals surface area contributed by atoms with Gasteiger partial charge in [0.15, 0.2) is 0 Å². The molecule has 6 nitrogen and oxygen atoms in total. The van der Waals surface area contributed by atoms with Gasteiger partial charge < -0.3 is 10.4 Å². The first-order chi connectivity index (χ1) is 15.5. The van der Waals surface area contributed by atoms with Crippen LogP contribution in [-0.4, -0.2) is 21.3 Å². The van der Waals surface area contributed by atoms with E-state index in [1.807, 2.05) is 48.6 Å². The van der Waals surface area contributed by atoms with Crippen LogP contribution in [0, 0.1) is 0 Å². The van der Waals surface area contributed by atoms with Gasteiger partial charge in [0.2, 0.25) is 10.9 Å². The lowest BCUT2D eigenvalue weighted by Crippen LogP contribution is -2.38. The first-order valence-electron chi connectivity index (χ1n) is 9.98. The highest BCUT2D eigenvalue weighted by molar-refractivity contribution is 5.82. The van der Waals surface area contributed by atoms with Gasteiger partial charge in [-0.3, -0.25) is 19.6 Å². The molecule has 0 fully saturated rings. The predicted molar refractivity (Wildman–Crippen MR) is 130 cm³/mol. The van der Waals surface area contributed by atoms with Crippen molar-refractivity contribution in [3.05, 3.63) is 117 Å². The second kappa shape index (κ2) is 10.7. The standard InChI is InChI=1S/C19H16N2O3.C7H7N/c1-12(22)21-17-16(18(23)19(17)24)15-6-4-13(5-7-15)2-3-14-8-10-20-11-9-14;1-2-7-3-5-8-6-4-7/h2-12,21-22H,1H3;2-6H,1H2/b3-2+;. The molecule has 2 N–H and O–H groups in total. The van der Waals surface area contributed by atoms with Gasteiger partial charge in [-0.2, -0.15) is 0 Å². The van der Waals surface area contributed by atoms with E-state index in [9.17, 15) is 14.7 Å². The van der Waals surface area contributed by atoms with Gasteiger partial charge in [0.1, 0.15) is 11.9 Å². The molecule has 0 spiro atoms. The van der Waals surface area contributed by atoms with Gasteiger partial charge in [-0.05, 0) is 53.4 Å². The number of hydrogen-bond donors (Lipinski definition) is 2. The highest BCUT2D eigenvalue weighted by Crippen LogP contribution is 2.24. The van der Waals surface area contributed by atoms with Crippen LogP contribution in [0.1, 0.15) is 23.6 Å². The van der Waals surface area contributed by atoms with E-state index in [0.29, 0.717) is 11.1 Å². The normalized spacial score (nSPS) is 11.6. The number of aliphatic hydroxyl groups excluding tert-OH is 1. The summed E-state index contributed by atoms with van der Waals surface area (Å²) in [5.74, 6) is 0. The lowest BCUT2D eigenvalue weighted by atomic mass is 9.97. The summed E-state index contributed by atoms with van der Waals surface area (Å²) in [4.78, 5) is 31.2. The van der Waals surface area contributed by atoms with Crippen LogP contribution < -0.4 is 16.2 Å². The third kappa shape index (κ3) is 5.71. The molecule has 32 heavy (non-hydrogen) atoms. The quantitative estimate of drug-likeness (QED) is 0.358. The van der Waals surface area contributed by atoms with E-state index in [4.69, 9.17) is 0 Å². The third-order valence-electron chi connectivity index (χ3n) is 4.58. The molecule has 1 unspecified atom stereocenters. The lowest BCUT2D eigenvalue weighted by Gasteiger charge is -2.15. The van der Waals surface area contributed by atoms with Crippen LogP contribution in [0.25, 0.3) is 29.4 Å². The smallest absolute Gasteiger partial charge is 0.250 e. The third-order valence-corrected chi connectivity index (χ3v) is 4.58. The number of aliphatic hydroxyl groups is 1. The Bertz CT molecular complexity index is 1260.